The van der Waals surface area contributed by atoms with Crippen molar-refractivity contribution >= 4 is 23.5 Å². The Labute approximate surface area is 231 Å². The van der Waals surface area contributed by atoms with E-state index in [1.54, 1.807) is 0 Å². The van der Waals surface area contributed by atoms with Gasteiger partial charge in [0.05, 0.1) is 12.5 Å². The fourth-order valence-corrected chi connectivity index (χ4v) is 4.33. The lowest BCUT2D eigenvalue weighted by molar-refractivity contribution is -0.148. The minimum atomic E-state index is -1.02. The minimum absolute atomic E-state index is 0.0458. The first-order valence-electron chi connectivity index (χ1n) is 13.3. The van der Waals surface area contributed by atoms with Crippen LogP contribution in [0, 0.1) is 17.6 Å². The Bertz CT molecular complexity index is 1440. The highest BCUT2D eigenvalue weighted by molar-refractivity contribution is 5.93. The van der Waals surface area contributed by atoms with E-state index in [9.17, 15) is 18.4 Å². The number of aromatic nitrogens is 2. The van der Waals surface area contributed by atoms with E-state index < -0.39 is 11.6 Å². The van der Waals surface area contributed by atoms with Crippen molar-refractivity contribution in [2.45, 2.75) is 46.0 Å². The van der Waals surface area contributed by atoms with Gasteiger partial charge < -0.3 is 14.5 Å². The number of anilines is 2. The zero-order valence-corrected chi connectivity index (χ0v) is 22.5. The average molecular weight is 548 g/mol. The third-order valence-corrected chi connectivity index (χ3v) is 6.57. The summed E-state index contributed by atoms with van der Waals surface area (Å²) < 4.78 is 37.0. The van der Waals surface area contributed by atoms with Crippen LogP contribution in [0.4, 0.5) is 20.5 Å². The molecule has 1 unspecified atom stereocenters. The highest BCUT2D eigenvalue weighted by Gasteiger charge is 2.18. The van der Waals surface area contributed by atoms with Crippen molar-refractivity contribution in [2.24, 2.45) is 5.92 Å². The maximum atomic E-state index is 13.4. The molecule has 0 aliphatic carbocycles. The Morgan fingerprint density at radius 2 is 1.57 bits per heavy atom. The van der Waals surface area contributed by atoms with E-state index in [4.69, 9.17) is 9.15 Å². The molecular weight excluding hydrogens is 516 g/mol. The van der Waals surface area contributed by atoms with Gasteiger partial charge in [0.2, 0.25) is 5.78 Å². The third kappa shape index (κ3) is 7.59. The summed E-state index contributed by atoms with van der Waals surface area (Å²) in [5, 5.41) is 10.2. The lowest BCUT2D eigenvalue weighted by atomic mass is 9.96. The number of esters is 1. The number of hydrogen-bond donors (Lipinski definition) is 1. The molecule has 9 heteroatoms. The summed E-state index contributed by atoms with van der Waals surface area (Å²) in [5.41, 5.74) is 4.29. The predicted octanol–water partition coefficient (Wildman–Crippen LogP) is 7.10. The molecule has 3 aromatic carbocycles. The number of Topliss-reactive ketones (excluding diaryl/α,β-unsaturated/α-hetero) is 1. The van der Waals surface area contributed by atoms with Gasteiger partial charge in [-0.15, -0.1) is 5.10 Å². The molecule has 4 aromatic rings. The summed E-state index contributed by atoms with van der Waals surface area (Å²) in [6, 6.07) is 19.1. The van der Waals surface area contributed by atoms with Gasteiger partial charge in [0.15, 0.2) is 11.6 Å². The molecule has 1 heterocycles. The number of aryl methyl sites for hydroxylation is 1. The number of carbonyl (C=O) groups excluding carboxylic acids is 2. The van der Waals surface area contributed by atoms with Crippen molar-refractivity contribution in [3.8, 4) is 11.1 Å². The van der Waals surface area contributed by atoms with Gasteiger partial charge >= 0.3 is 12.0 Å². The standard InChI is InChI=1S/C31H31F2N3O4/c1-3-22(30(38)39-4-2)7-5-6-20-8-12-23(13-9-20)24-14-10-21(11-15-24)18-28(37)29-35-36-31(40-29)34-25-16-17-26(32)27(33)19-25/h8-17,19,22H,3-7,18H2,1-2H3,(H,34,36). The van der Waals surface area contributed by atoms with Crippen LogP contribution in [0.3, 0.4) is 0 Å². The quantitative estimate of drug-likeness (QED) is 0.141. The number of ketones is 1. The molecule has 0 aliphatic heterocycles. The molecule has 0 bridgehead atoms. The second kappa shape index (κ2) is 13.6. The van der Waals surface area contributed by atoms with E-state index in [1.807, 2.05) is 38.1 Å². The third-order valence-electron chi connectivity index (χ3n) is 6.57. The number of hydrogen-bond acceptors (Lipinski definition) is 7. The molecule has 40 heavy (non-hydrogen) atoms. The summed E-state index contributed by atoms with van der Waals surface area (Å²) in [7, 11) is 0. The van der Waals surface area contributed by atoms with Gasteiger partial charge in [0.25, 0.3) is 5.89 Å². The van der Waals surface area contributed by atoms with Gasteiger partial charge in [0, 0.05) is 18.2 Å². The van der Waals surface area contributed by atoms with Crippen LogP contribution < -0.4 is 5.32 Å². The first-order chi connectivity index (χ1) is 19.4. The summed E-state index contributed by atoms with van der Waals surface area (Å²) in [6.07, 6.45) is 3.47. The largest absolute Gasteiger partial charge is 0.466 e. The second-order valence-corrected chi connectivity index (χ2v) is 9.41. The summed E-state index contributed by atoms with van der Waals surface area (Å²) in [4.78, 5) is 24.6. The molecule has 1 atom stereocenters. The van der Waals surface area contributed by atoms with Crippen molar-refractivity contribution in [2.75, 3.05) is 11.9 Å². The fraction of sp³-hybridized carbons (Fsp3) is 0.290. The SMILES string of the molecule is CCOC(=O)C(CC)CCCc1ccc(-c2ccc(CC(=O)c3nnc(Nc4ccc(F)c(F)c4)o3)cc2)cc1. The van der Waals surface area contributed by atoms with Crippen LogP contribution in [0.25, 0.3) is 11.1 Å². The monoisotopic (exact) mass is 547 g/mol. The Kier molecular flexibility index (Phi) is 9.72. The molecule has 1 aromatic heterocycles. The Morgan fingerprint density at radius 1 is 0.900 bits per heavy atom. The normalized spacial score (nSPS) is 11.7. The van der Waals surface area contributed by atoms with Gasteiger partial charge in [-0.05, 0) is 67.0 Å². The summed E-state index contributed by atoms with van der Waals surface area (Å²) >= 11 is 0. The van der Waals surface area contributed by atoms with Crippen LogP contribution in [0.1, 0.15) is 54.9 Å². The molecule has 0 saturated heterocycles. The minimum Gasteiger partial charge on any atom is -0.466 e. The Balaban J connectivity index is 1.29. The van der Waals surface area contributed by atoms with Crippen molar-refractivity contribution in [3.05, 3.63) is 95.4 Å². The van der Waals surface area contributed by atoms with Crippen molar-refractivity contribution in [3.63, 3.8) is 0 Å². The maximum absolute atomic E-state index is 13.4. The van der Waals surface area contributed by atoms with Crippen molar-refractivity contribution in [1.29, 1.82) is 0 Å². The molecule has 0 saturated carbocycles. The van der Waals surface area contributed by atoms with Crippen LogP contribution >= 0.6 is 0 Å². The first-order valence-corrected chi connectivity index (χ1v) is 13.3. The van der Waals surface area contributed by atoms with E-state index in [2.05, 4.69) is 39.8 Å². The lowest BCUT2D eigenvalue weighted by Crippen LogP contribution is -2.17. The lowest BCUT2D eigenvalue weighted by Gasteiger charge is -2.13. The van der Waals surface area contributed by atoms with Gasteiger partial charge in [-0.1, -0.05) is 60.6 Å². The second-order valence-electron chi connectivity index (χ2n) is 9.41. The van der Waals surface area contributed by atoms with Crippen LogP contribution in [0.15, 0.2) is 71.1 Å². The fourth-order valence-electron chi connectivity index (χ4n) is 4.33. The molecule has 208 valence electrons. The van der Waals surface area contributed by atoms with E-state index in [-0.39, 0.29) is 41.7 Å². The molecule has 0 fully saturated rings. The number of benzene rings is 3. The maximum Gasteiger partial charge on any atom is 0.320 e. The van der Waals surface area contributed by atoms with Crippen LogP contribution in [0.5, 0.6) is 0 Å². The van der Waals surface area contributed by atoms with Crippen LogP contribution in [-0.2, 0) is 22.4 Å². The molecule has 7 nitrogen and oxygen atoms in total. The Morgan fingerprint density at radius 3 is 2.20 bits per heavy atom. The van der Waals surface area contributed by atoms with E-state index in [0.29, 0.717) is 6.61 Å². The Hall–Kier alpha value is -4.40. The summed E-state index contributed by atoms with van der Waals surface area (Å²) in [5.74, 6) is -2.69. The predicted molar refractivity (Wildman–Crippen MR) is 147 cm³/mol. The molecule has 0 radical (unpaired) electrons. The molecule has 1 N–H and O–H groups in total. The molecule has 0 aliphatic rings. The number of carbonyl (C=O) groups is 2. The summed E-state index contributed by atoms with van der Waals surface area (Å²) in [6.45, 7) is 4.25. The first kappa shape index (κ1) is 28.6. The van der Waals surface area contributed by atoms with E-state index in [1.165, 1.54) is 11.6 Å². The van der Waals surface area contributed by atoms with Crippen LogP contribution in [0.2, 0.25) is 0 Å². The topological polar surface area (TPSA) is 94.3 Å². The average Bonchev–Trinajstić information content (AvgIpc) is 3.43. The molecular formula is C31H31F2N3O4. The number of nitrogens with zero attached hydrogens (tertiary/aromatic N) is 2. The number of halogens is 2. The van der Waals surface area contributed by atoms with Gasteiger partial charge in [-0.2, -0.15) is 0 Å². The molecule has 0 spiro atoms. The zero-order valence-electron chi connectivity index (χ0n) is 22.5. The van der Waals surface area contributed by atoms with E-state index >= 15 is 0 Å². The smallest absolute Gasteiger partial charge is 0.320 e. The number of rotatable bonds is 13. The zero-order chi connectivity index (χ0) is 28.5. The molecule has 0 amide bonds. The van der Waals surface area contributed by atoms with Gasteiger partial charge in [0.1, 0.15) is 0 Å². The molecule has 4 rings (SSSR count). The number of ether oxygens (including phenoxy) is 1. The van der Waals surface area contributed by atoms with Crippen LogP contribution in [-0.4, -0.2) is 28.6 Å². The van der Waals surface area contributed by atoms with E-state index in [0.717, 1.165) is 54.5 Å². The van der Waals surface area contributed by atoms with Crippen molar-refractivity contribution in [1.82, 2.24) is 10.2 Å². The van der Waals surface area contributed by atoms with Gasteiger partial charge in [-0.3, -0.25) is 9.59 Å². The number of nitrogens with one attached hydrogen (secondary N) is 1. The highest BCUT2D eigenvalue weighted by atomic mass is 19.2. The highest BCUT2D eigenvalue weighted by Crippen LogP contribution is 2.23. The van der Waals surface area contributed by atoms with Crippen molar-refractivity contribution < 1.29 is 27.5 Å². The van der Waals surface area contributed by atoms with Gasteiger partial charge in [-0.25, -0.2) is 8.78 Å².